The molecule has 6 nitrogen and oxygen atoms in total. The minimum absolute atomic E-state index is 0.0356. The molecule has 1 aliphatic heterocycles. The van der Waals surface area contributed by atoms with Gasteiger partial charge >= 0.3 is 5.37 Å². The van der Waals surface area contributed by atoms with Crippen molar-refractivity contribution in [3.8, 4) is 0 Å². The molecule has 1 N–H and O–H groups in total. The predicted octanol–water partition coefficient (Wildman–Crippen LogP) is 1.95. The van der Waals surface area contributed by atoms with Gasteiger partial charge in [0.2, 0.25) is 9.84 Å². The first kappa shape index (κ1) is 15.6. The Morgan fingerprint density at radius 3 is 2.43 bits per heavy atom. The lowest BCUT2D eigenvalue weighted by Crippen LogP contribution is -2.45. The number of nitrogens with zero attached hydrogens (tertiary/aromatic N) is 1. The van der Waals surface area contributed by atoms with Crippen molar-refractivity contribution in [2.45, 2.75) is 22.7 Å². The van der Waals surface area contributed by atoms with Crippen LogP contribution in [0.3, 0.4) is 0 Å². The van der Waals surface area contributed by atoms with Gasteiger partial charge in [0.15, 0.2) is 0 Å². The summed E-state index contributed by atoms with van der Waals surface area (Å²) in [7, 11) is -4.10. The van der Waals surface area contributed by atoms with Crippen LogP contribution in [0.4, 0.5) is 0 Å². The zero-order chi connectivity index (χ0) is 16.4. The van der Waals surface area contributed by atoms with Crippen LogP contribution < -0.4 is 5.32 Å². The highest BCUT2D eigenvalue weighted by Gasteiger charge is 2.46. The summed E-state index contributed by atoms with van der Waals surface area (Å²) < 4.78 is 25.6. The molecule has 1 heterocycles. The second kappa shape index (κ2) is 6.10. The molecule has 0 fully saturated rings. The highest BCUT2D eigenvalue weighted by molar-refractivity contribution is 7.91. The lowest BCUT2D eigenvalue weighted by molar-refractivity contribution is -0.502. The van der Waals surface area contributed by atoms with Crippen LogP contribution >= 0.6 is 0 Å². The van der Waals surface area contributed by atoms with Gasteiger partial charge in [-0.25, -0.2) is 8.42 Å². The molecule has 0 unspecified atom stereocenters. The highest BCUT2D eigenvalue weighted by atomic mass is 32.2. The Bertz CT molecular complexity index is 821. The van der Waals surface area contributed by atoms with Crippen LogP contribution in [0.1, 0.15) is 17.2 Å². The molecule has 0 saturated carbocycles. The third kappa shape index (κ3) is 2.85. The van der Waals surface area contributed by atoms with Gasteiger partial charge in [-0.1, -0.05) is 42.5 Å². The van der Waals surface area contributed by atoms with Crippen LogP contribution in [0, 0.1) is 10.1 Å². The van der Waals surface area contributed by atoms with Gasteiger partial charge in [-0.3, -0.25) is 10.1 Å². The van der Waals surface area contributed by atoms with Crippen molar-refractivity contribution in [3.05, 3.63) is 75.8 Å². The maximum absolute atomic E-state index is 12.8. The maximum atomic E-state index is 12.8. The van der Waals surface area contributed by atoms with Gasteiger partial charge in [0.25, 0.3) is 0 Å². The Balaban J connectivity index is 2.10. The van der Waals surface area contributed by atoms with Crippen molar-refractivity contribution in [3.63, 3.8) is 0 Å². The smallest absolute Gasteiger partial charge is 0.303 e. The van der Waals surface area contributed by atoms with Crippen LogP contribution in [0.15, 0.2) is 59.5 Å². The van der Waals surface area contributed by atoms with Gasteiger partial charge in [0.05, 0.1) is 4.90 Å². The number of rotatable bonds is 4. The molecule has 0 radical (unpaired) electrons. The first-order chi connectivity index (χ1) is 11.0. The van der Waals surface area contributed by atoms with E-state index in [1.807, 2.05) is 12.1 Å². The lowest BCUT2D eigenvalue weighted by atomic mass is 9.94. The number of fused-ring (bicyclic) bond motifs is 1. The van der Waals surface area contributed by atoms with Gasteiger partial charge in [0, 0.05) is 11.5 Å². The summed E-state index contributed by atoms with van der Waals surface area (Å²) >= 11 is 0. The average molecular weight is 332 g/mol. The van der Waals surface area contributed by atoms with Gasteiger partial charge in [-0.15, -0.1) is 0 Å². The van der Waals surface area contributed by atoms with Crippen molar-refractivity contribution >= 4 is 9.84 Å². The molecule has 0 bridgehead atoms. The molecular formula is C16H16N2O4S. The van der Waals surface area contributed by atoms with E-state index in [0.717, 1.165) is 12.0 Å². The predicted molar refractivity (Wildman–Crippen MR) is 85.3 cm³/mol. The monoisotopic (exact) mass is 332 g/mol. The van der Waals surface area contributed by atoms with E-state index in [0.29, 0.717) is 12.1 Å². The molecule has 2 atom stereocenters. The molecule has 2 aromatic rings. The zero-order valence-corrected chi connectivity index (χ0v) is 13.1. The molecule has 0 saturated heterocycles. The summed E-state index contributed by atoms with van der Waals surface area (Å²) in [6, 6.07) is 14.0. The molecule has 0 aliphatic carbocycles. The minimum Gasteiger partial charge on any atom is -0.303 e. The van der Waals surface area contributed by atoms with E-state index in [1.165, 1.54) is 12.1 Å². The van der Waals surface area contributed by atoms with Crippen LogP contribution in [-0.4, -0.2) is 25.3 Å². The third-order valence-corrected chi connectivity index (χ3v) is 6.04. The summed E-state index contributed by atoms with van der Waals surface area (Å²) in [5.74, 6) is 0. The fraction of sp³-hybridized carbons (Fsp3) is 0.250. The largest absolute Gasteiger partial charge is 0.333 e. The van der Waals surface area contributed by atoms with Gasteiger partial charge < -0.3 is 5.32 Å². The topological polar surface area (TPSA) is 89.3 Å². The molecular weight excluding hydrogens is 316 g/mol. The normalized spacial score (nSPS) is 18.9. The van der Waals surface area contributed by atoms with Crippen molar-refractivity contribution in [2.24, 2.45) is 0 Å². The average Bonchev–Trinajstić information content (AvgIpc) is 2.55. The molecule has 3 rings (SSSR count). The summed E-state index contributed by atoms with van der Waals surface area (Å²) in [5.41, 5.74) is 1.63. The maximum Gasteiger partial charge on any atom is 0.333 e. The Morgan fingerprint density at radius 1 is 1.09 bits per heavy atom. The summed E-state index contributed by atoms with van der Waals surface area (Å²) in [6.07, 6.45) is 0.725. The Labute approximate surface area is 134 Å². The summed E-state index contributed by atoms with van der Waals surface area (Å²) in [5, 5.41) is 12.9. The van der Waals surface area contributed by atoms with Gasteiger partial charge in [0.1, 0.15) is 6.04 Å². The first-order valence-corrected chi connectivity index (χ1v) is 8.80. The second-order valence-corrected chi connectivity index (χ2v) is 7.46. The molecule has 0 spiro atoms. The Kier molecular flexibility index (Phi) is 4.14. The van der Waals surface area contributed by atoms with Crippen molar-refractivity contribution in [1.82, 2.24) is 5.32 Å². The Morgan fingerprint density at radius 2 is 1.74 bits per heavy atom. The summed E-state index contributed by atoms with van der Waals surface area (Å²) in [6.45, 7) is 0.510. The zero-order valence-electron chi connectivity index (χ0n) is 12.3. The molecule has 0 aromatic heterocycles. The van der Waals surface area contributed by atoms with Crippen LogP contribution in [0.25, 0.3) is 0 Å². The number of nitrogens with one attached hydrogen (secondary N) is 1. The fourth-order valence-electron chi connectivity index (χ4n) is 2.96. The molecule has 23 heavy (non-hydrogen) atoms. The Hall–Kier alpha value is -2.25. The van der Waals surface area contributed by atoms with Crippen LogP contribution in [0.2, 0.25) is 0 Å². The quantitative estimate of drug-likeness (QED) is 0.683. The van der Waals surface area contributed by atoms with E-state index < -0.39 is 26.2 Å². The van der Waals surface area contributed by atoms with E-state index in [9.17, 15) is 18.5 Å². The second-order valence-electron chi connectivity index (χ2n) is 5.41. The van der Waals surface area contributed by atoms with Gasteiger partial charge in [-0.05, 0) is 29.7 Å². The molecule has 7 heteroatoms. The van der Waals surface area contributed by atoms with E-state index in [1.54, 1.807) is 30.3 Å². The number of sulfone groups is 1. The van der Waals surface area contributed by atoms with Gasteiger partial charge in [-0.2, -0.15) is 0 Å². The number of hydrogen-bond donors (Lipinski definition) is 1. The molecule has 2 aromatic carbocycles. The summed E-state index contributed by atoms with van der Waals surface area (Å²) in [4.78, 5) is 10.9. The standard InChI is InChI=1S/C16H16N2O4S/c19-18(20)16(23(21,22)13-7-2-1-3-8-13)15-14-9-5-4-6-12(14)10-11-17-15/h1-9,15-17H,10-11H2/t15-,16-/m0/s1. The number of nitro groups is 1. The molecule has 120 valence electrons. The van der Waals surface area contributed by atoms with E-state index in [-0.39, 0.29) is 4.90 Å². The van der Waals surface area contributed by atoms with E-state index in [4.69, 9.17) is 0 Å². The van der Waals surface area contributed by atoms with E-state index in [2.05, 4.69) is 5.32 Å². The lowest BCUT2D eigenvalue weighted by Gasteiger charge is -2.28. The fourth-order valence-corrected chi connectivity index (χ4v) is 4.60. The van der Waals surface area contributed by atoms with Crippen LogP contribution in [0.5, 0.6) is 0 Å². The van der Waals surface area contributed by atoms with Crippen molar-refractivity contribution in [1.29, 1.82) is 0 Å². The minimum atomic E-state index is -4.10. The van der Waals surface area contributed by atoms with Crippen molar-refractivity contribution < 1.29 is 13.3 Å². The SMILES string of the molecule is O=[N+]([O-])[C@H]([C@H]1NCCc2ccccc21)S(=O)(=O)c1ccccc1. The third-order valence-electron chi connectivity index (χ3n) is 4.03. The van der Waals surface area contributed by atoms with Crippen molar-refractivity contribution in [2.75, 3.05) is 6.54 Å². The highest BCUT2D eigenvalue weighted by Crippen LogP contribution is 2.31. The number of hydrogen-bond acceptors (Lipinski definition) is 5. The molecule has 0 amide bonds. The first-order valence-electron chi connectivity index (χ1n) is 7.25. The van der Waals surface area contributed by atoms with E-state index >= 15 is 0 Å². The number of benzene rings is 2. The van der Waals surface area contributed by atoms with Crippen LogP contribution in [-0.2, 0) is 16.3 Å². The molecule has 1 aliphatic rings.